The van der Waals surface area contributed by atoms with Crippen LogP contribution < -0.4 is 10.6 Å². The van der Waals surface area contributed by atoms with Crippen molar-refractivity contribution in [2.45, 2.75) is 6.42 Å². The number of carbonyl (C=O) groups excluding carboxylic acids is 1. The summed E-state index contributed by atoms with van der Waals surface area (Å²) in [6.45, 7) is 1.46. The van der Waals surface area contributed by atoms with Crippen molar-refractivity contribution in [1.82, 2.24) is 10.6 Å². The van der Waals surface area contributed by atoms with Crippen molar-refractivity contribution in [1.29, 1.82) is 0 Å². The fourth-order valence-corrected chi connectivity index (χ4v) is 0.540. The lowest BCUT2D eigenvalue weighted by Crippen LogP contribution is -2.41. The molecule has 0 aromatic rings. The largest absolute Gasteiger partial charge is 0.344 e. The van der Waals surface area contributed by atoms with E-state index in [1.165, 1.54) is 0 Å². The molecule has 1 fully saturated rings. The molecule has 3 heteroatoms. The zero-order chi connectivity index (χ0) is 5.11. The molecule has 3 nitrogen and oxygen atoms in total. The molecule has 0 atom stereocenters. The van der Waals surface area contributed by atoms with E-state index >= 15 is 0 Å². The molecule has 0 radical (unpaired) electrons. The van der Waals surface area contributed by atoms with Gasteiger partial charge in [0.1, 0.15) is 0 Å². The standard InChI is InChI=1S/C4H8N2O/c7-4-1-2-5-3-6-4/h5H,1-3H2,(H,6,7). The highest BCUT2D eigenvalue weighted by atomic mass is 16.1. The molecule has 1 heterocycles. The van der Waals surface area contributed by atoms with Crippen LogP contribution in [0.4, 0.5) is 0 Å². The van der Waals surface area contributed by atoms with Crippen molar-refractivity contribution >= 4 is 5.91 Å². The SMILES string of the molecule is O=C1CCNCN1. The van der Waals surface area contributed by atoms with Crippen LogP contribution in [0.2, 0.25) is 0 Å². The number of hydrogen-bond acceptors (Lipinski definition) is 2. The van der Waals surface area contributed by atoms with Crippen molar-refractivity contribution in [2.75, 3.05) is 13.2 Å². The number of hydrogen-bond donors (Lipinski definition) is 2. The molecule has 0 unspecified atom stereocenters. The molecule has 7 heavy (non-hydrogen) atoms. The summed E-state index contributed by atoms with van der Waals surface area (Å²) >= 11 is 0. The van der Waals surface area contributed by atoms with Crippen molar-refractivity contribution in [3.63, 3.8) is 0 Å². The maximum absolute atomic E-state index is 10.3. The molecular formula is C4H8N2O. The van der Waals surface area contributed by atoms with E-state index in [4.69, 9.17) is 0 Å². The highest BCUT2D eigenvalue weighted by Gasteiger charge is 2.02. The third kappa shape index (κ3) is 1.16. The van der Waals surface area contributed by atoms with Gasteiger partial charge in [-0.3, -0.25) is 10.1 Å². The average Bonchev–Trinajstić information content (AvgIpc) is 1.69. The fourth-order valence-electron chi connectivity index (χ4n) is 0.540. The Morgan fingerprint density at radius 2 is 2.43 bits per heavy atom. The topological polar surface area (TPSA) is 41.1 Å². The van der Waals surface area contributed by atoms with E-state index in [0.29, 0.717) is 13.1 Å². The molecule has 0 aromatic carbocycles. The molecule has 0 bridgehead atoms. The zero-order valence-electron chi connectivity index (χ0n) is 4.03. The van der Waals surface area contributed by atoms with Gasteiger partial charge in [-0.1, -0.05) is 0 Å². The van der Waals surface area contributed by atoms with Gasteiger partial charge in [-0.2, -0.15) is 0 Å². The van der Waals surface area contributed by atoms with Crippen LogP contribution in [-0.4, -0.2) is 19.1 Å². The predicted octanol–water partition coefficient (Wildman–Crippen LogP) is -0.947. The lowest BCUT2D eigenvalue weighted by Gasteiger charge is -2.11. The van der Waals surface area contributed by atoms with Crippen LogP contribution in [0.25, 0.3) is 0 Å². The van der Waals surface area contributed by atoms with E-state index in [1.54, 1.807) is 0 Å². The minimum atomic E-state index is 0.152. The summed E-state index contributed by atoms with van der Waals surface area (Å²) in [7, 11) is 0. The maximum atomic E-state index is 10.3. The zero-order valence-corrected chi connectivity index (χ0v) is 4.03. The van der Waals surface area contributed by atoms with Crippen LogP contribution in [0, 0.1) is 0 Å². The Balaban J connectivity index is 2.25. The van der Waals surface area contributed by atoms with Gasteiger partial charge < -0.3 is 5.32 Å². The predicted molar refractivity (Wildman–Crippen MR) is 25.6 cm³/mol. The van der Waals surface area contributed by atoms with Crippen LogP contribution in [0.15, 0.2) is 0 Å². The lowest BCUT2D eigenvalue weighted by molar-refractivity contribution is -0.122. The second-order valence-corrected chi connectivity index (χ2v) is 1.53. The first kappa shape index (κ1) is 4.59. The van der Waals surface area contributed by atoms with Gasteiger partial charge in [-0.05, 0) is 0 Å². The minimum Gasteiger partial charge on any atom is -0.344 e. The van der Waals surface area contributed by atoms with Gasteiger partial charge in [0, 0.05) is 13.0 Å². The van der Waals surface area contributed by atoms with E-state index in [9.17, 15) is 4.79 Å². The second kappa shape index (κ2) is 1.93. The molecule has 1 amide bonds. The molecule has 0 saturated carbocycles. The Labute approximate surface area is 42.1 Å². The quantitative estimate of drug-likeness (QED) is 0.412. The Morgan fingerprint density at radius 3 is 2.71 bits per heavy atom. The maximum Gasteiger partial charge on any atom is 0.222 e. The van der Waals surface area contributed by atoms with Crippen molar-refractivity contribution in [3.8, 4) is 0 Å². The fraction of sp³-hybridized carbons (Fsp3) is 0.750. The molecular weight excluding hydrogens is 92.1 g/mol. The smallest absolute Gasteiger partial charge is 0.222 e. The number of rotatable bonds is 0. The van der Waals surface area contributed by atoms with Gasteiger partial charge >= 0.3 is 0 Å². The molecule has 0 spiro atoms. The van der Waals surface area contributed by atoms with Gasteiger partial charge in [-0.25, -0.2) is 0 Å². The van der Waals surface area contributed by atoms with Crippen molar-refractivity contribution in [3.05, 3.63) is 0 Å². The van der Waals surface area contributed by atoms with E-state index in [0.717, 1.165) is 6.54 Å². The van der Waals surface area contributed by atoms with Gasteiger partial charge in [0.15, 0.2) is 0 Å². The Bertz CT molecular complexity index is 73.8. The average molecular weight is 100 g/mol. The summed E-state index contributed by atoms with van der Waals surface area (Å²) in [6, 6.07) is 0. The highest BCUT2D eigenvalue weighted by Crippen LogP contribution is 1.79. The van der Waals surface area contributed by atoms with Crippen molar-refractivity contribution < 1.29 is 4.79 Å². The van der Waals surface area contributed by atoms with Crippen LogP contribution in [-0.2, 0) is 4.79 Å². The normalized spacial score (nSPS) is 21.4. The summed E-state index contributed by atoms with van der Waals surface area (Å²) in [5, 5.41) is 5.62. The summed E-state index contributed by atoms with van der Waals surface area (Å²) in [6.07, 6.45) is 0.625. The molecule has 2 N–H and O–H groups in total. The molecule has 1 rings (SSSR count). The first-order valence-electron chi connectivity index (χ1n) is 2.37. The van der Waals surface area contributed by atoms with Gasteiger partial charge in [0.2, 0.25) is 5.91 Å². The summed E-state index contributed by atoms with van der Waals surface area (Å²) in [5.74, 6) is 0.152. The first-order valence-corrected chi connectivity index (χ1v) is 2.37. The number of carbonyl (C=O) groups is 1. The highest BCUT2D eigenvalue weighted by molar-refractivity contribution is 5.76. The molecule has 1 aliphatic heterocycles. The van der Waals surface area contributed by atoms with E-state index in [1.807, 2.05) is 0 Å². The summed E-state index contributed by atoms with van der Waals surface area (Å²) in [4.78, 5) is 10.3. The van der Waals surface area contributed by atoms with Crippen LogP contribution in [0.1, 0.15) is 6.42 Å². The van der Waals surface area contributed by atoms with Crippen LogP contribution in [0.3, 0.4) is 0 Å². The summed E-state index contributed by atoms with van der Waals surface area (Å²) in [5.41, 5.74) is 0. The van der Waals surface area contributed by atoms with E-state index < -0.39 is 0 Å². The summed E-state index contributed by atoms with van der Waals surface area (Å²) < 4.78 is 0. The number of nitrogens with one attached hydrogen (secondary N) is 2. The molecule has 1 aliphatic rings. The number of amides is 1. The van der Waals surface area contributed by atoms with E-state index in [2.05, 4.69) is 10.6 Å². The van der Waals surface area contributed by atoms with Gasteiger partial charge in [0.25, 0.3) is 0 Å². The Kier molecular flexibility index (Phi) is 1.26. The third-order valence-electron chi connectivity index (χ3n) is 0.939. The van der Waals surface area contributed by atoms with Crippen LogP contribution >= 0.6 is 0 Å². The molecule has 40 valence electrons. The lowest BCUT2D eigenvalue weighted by atomic mass is 10.4. The van der Waals surface area contributed by atoms with Gasteiger partial charge in [0.05, 0.1) is 6.67 Å². The van der Waals surface area contributed by atoms with E-state index in [-0.39, 0.29) is 5.91 Å². The molecule has 0 aromatic heterocycles. The second-order valence-electron chi connectivity index (χ2n) is 1.53. The Hall–Kier alpha value is -0.570. The first-order chi connectivity index (χ1) is 3.39. The van der Waals surface area contributed by atoms with Gasteiger partial charge in [-0.15, -0.1) is 0 Å². The Morgan fingerprint density at radius 1 is 1.57 bits per heavy atom. The third-order valence-corrected chi connectivity index (χ3v) is 0.939. The monoisotopic (exact) mass is 100 g/mol. The molecule has 1 saturated heterocycles. The minimum absolute atomic E-state index is 0.152. The van der Waals surface area contributed by atoms with Crippen LogP contribution in [0.5, 0.6) is 0 Å². The van der Waals surface area contributed by atoms with Crippen molar-refractivity contribution in [2.24, 2.45) is 0 Å². The molecule has 0 aliphatic carbocycles.